The van der Waals surface area contributed by atoms with Crippen LogP contribution in [0.15, 0.2) is 54.1 Å². The van der Waals surface area contributed by atoms with E-state index in [0.29, 0.717) is 22.2 Å². The highest BCUT2D eigenvalue weighted by Gasteiger charge is 2.49. The number of likely N-dealkylation sites (N-methyl/N-ethyl adjacent to an activating group) is 1. The molecular formula is C25H24F2N2O3. The fourth-order valence-corrected chi connectivity index (χ4v) is 4.26. The van der Waals surface area contributed by atoms with Crippen LogP contribution in [0.5, 0.6) is 0 Å². The number of fused-ring (bicyclic) bond motifs is 3. The van der Waals surface area contributed by atoms with Gasteiger partial charge in [-0.15, -0.1) is 0 Å². The first kappa shape index (κ1) is 21.7. The molecule has 1 aliphatic heterocycles. The molecule has 2 heterocycles. The van der Waals surface area contributed by atoms with Crippen LogP contribution < -0.4 is 0 Å². The Balaban J connectivity index is 2.15. The van der Waals surface area contributed by atoms with Gasteiger partial charge in [0.25, 0.3) is 5.91 Å². The first-order valence-corrected chi connectivity index (χ1v) is 10.4. The summed E-state index contributed by atoms with van der Waals surface area (Å²) in [5.74, 6) is -5.92. The monoisotopic (exact) mass is 438 g/mol. The Hall–Kier alpha value is -3.48. The smallest absolute Gasteiger partial charge is 0.381 e. The zero-order valence-electron chi connectivity index (χ0n) is 18.4. The number of carbonyl (C=O) groups is 2. The Kier molecular flexibility index (Phi) is 5.36. The minimum Gasteiger partial charge on any atom is -0.461 e. The molecule has 0 fully saturated rings. The number of alkyl halides is 2. The highest BCUT2D eigenvalue weighted by atomic mass is 19.3. The summed E-state index contributed by atoms with van der Waals surface area (Å²) in [5, 5.41) is 0.673. The molecule has 1 amide bonds. The molecule has 1 aromatic heterocycles. The van der Waals surface area contributed by atoms with Gasteiger partial charge in [-0.3, -0.25) is 4.79 Å². The van der Waals surface area contributed by atoms with Crippen LogP contribution in [0.25, 0.3) is 16.5 Å². The first-order chi connectivity index (χ1) is 15.2. The molecule has 0 atom stereocenters. The molecule has 0 radical (unpaired) electrons. The van der Waals surface area contributed by atoms with Gasteiger partial charge in [0.05, 0.1) is 17.9 Å². The quantitative estimate of drug-likeness (QED) is 0.561. The number of esters is 1. The van der Waals surface area contributed by atoms with Gasteiger partial charge in [-0.2, -0.15) is 8.78 Å². The molecule has 1 aliphatic rings. The number of nitrogens with zero attached hydrogens (tertiary/aromatic N) is 2. The van der Waals surface area contributed by atoms with Crippen molar-refractivity contribution in [2.45, 2.75) is 19.8 Å². The summed E-state index contributed by atoms with van der Waals surface area (Å²) in [6, 6.07) is 14.4. The summed E-state index contributed by atoms with van der Waals surface area (Å²) in [6.07, 6.45) is 0. The Morgan fingerprint density at radius 1 is 1.09 bits per heavy atom. The Morgan fingerprint density at radius 2 is 1.75 bits per heavy atom. The number of aromatic nitrogens is 1. The predicted octanol–water partition coefficient (Wildman–Crippen LogP) is 4.57. The van der Waals surface area contributed by atoms with E-state index in [1.165, 1.54) is 18.9 Å². The molecule has 2 aromatic carbocycles. The van der Waals surface area contributed by atoms with Gasteiger partial charge < -0.3 is 14.2 Å². The lowest BCUT2D eigenvalue weighted by Gasteiger charge is -2.24. The van der Waals surface area contributed by atoms with Crippen molar-refractivity contribution >= 4 is 28.4 Å². The van der Waals surface area contributed by atoms with Crippen LogP contribution in [0.3, 0.4) is 0 Å². The van der Waals surface area contributed by atoms with E-state index in [1.807, 2.05) is 37.3 Å². The van der Waals surface area contributed by atoms with Crippen molar-refractivity contribution in [2.75, 3.05) is 20.2 Å². The molecule has 4 rings (SSSR count). The number of halogens is 2. The van der Waals surface area contributed by atoms with Crippen molar-refractivity contribution in [2.24, 2.45) is 7.05 Å². The standard InChI is InChI=1S/C25H24F2N2O3/c1-5-32-24(31)25(26,27)18-14-28(3)23(30)21-17-8-6-7-9-19(17)29(4)22(21)20(18)16-12-10-15(2)11-13-16/h6-13H,5,14H2,1-4H3. The third-order valence-corrected chi connectivity index (χ3v) is 5.85. The van der Waals surface area contributed by atoms with Gasteiger partial charge in [0.15, 0.2) is 0 Å². The number of ether oxygens (including phenoxy) is 1. The zero-order chi connectivity index (χ0) is 23.2. The van der Waals surface area contributed by atoms with Gasteiger partial charge in [0.1, 0.15) is 0 Å². The number of amides is 1. The molecule has 7 heteroatoms. The van der Waals surface area contributed by atoms with E-state index < -0.39 is 24.0 Å². The van der Waals surface area contributed by atoms with Crippen LogP contribution in [-0.4, -0.2) is 47.5 Å². The number of rotatable bonds is 4. The molecule has 3 aromatic rings. The molecule has 0 bridgehead atoms. The number of carbonyl (C=O) groups excluding carboxylic acids is 2. The SMILES string of the molecule is CCOC(=O)C(F)(F)C1=C(c2ccc(C)cc2)c2c(c3ccccc3n2C)C(=O)N(C)C1. The zero-order valence-corrected chi connectivity index (χ0v) is 18.4. The second-order valence-electron chi connectivity index (χ2n) is 7.98. The summed E-state index contributed by atoms with van der Waals surface area (Å²) >= 11 is 0. The Bertz CT molecular complexity index is 1260. The second-order valence-corrected chi connectivity index (χ2v) is 7.98. The van der Waals surface area contributed by atoms with Gasteiger partial charge in [-0.25, -0.2) is 4.79 Å². The number of hydrogen-bond acceptors (Lipinski definition) is 3. The molecule has 0 aliphatic carbocycles. The van der Waals surface area contributed by atoms with Crippen LogP contribution in [0, 0.1) is 6.92 Å². The van der Waals surface area contributed by atoms with Crippen molar-refractivity contribution in [3.63, 3.8) is 0 Å². The van der Waals surface area contributed by atoms with E-state index in [0.717, 1.165) is 11.1 Å². The number of hydrogen-bond donors (Lipinski definition) is 0. The number of para-hydroxylation sites is 1. The average molecular weight is 438 g/mol. The van der Waals surface area contributed by atoms with Crippen LogP contribution in [-0.2, 0) is 16.6 Å². The molecule has 5 nitrogen and oxygen atoms in total. The van der Waals surface area contributed by atoms with E-state index in [1.54, 1.807) is 29.8 Å². The van der Waals surface area contributed by atoms with Gasteiger partial charge in [-0.1, -0.05) is 48.0 Å². The summed E-state index contributed by atoms with van der Waals surface area (Å²) in [7, 11) is 3.21. The molecule has 166 valence electrons. The fourth-order valence-electron chi connectivity index (χ4n) is 4.26. The Morgan fingerprint density at radius 3 is 2.41 bits per heavy atom. The lowest BCUT2D eigenvalue weighted by atomic mass is 9.91. The largest absolute Gasteiger partial charge is 0.461 e. The van der Waals surface area contributed by atoms with Gasteiger partial charge >= 0.3 is 11.9 Å². The maximum Gasteiger partial charge on any atom is 0.381 e. The van der Waals surface area contributed by atoms with E-state index in [2.05, 4.69) is 0 Å². The fraction of sp³-hybridized carbons (Fsp3) is 0.280. The lowest BCUT2D eigenvalue weighted by molar-refractivity contribution is -0.166. The van der Waals surface area contributed by atoms with Crippen LogP contribution in [0.1, 0.15) is 34.1 Å². The number of aryl methyl sites for hydroxylation is 2. The first-order valence-electron chi connectivity index (χ1n) is 10.4. The molecule has 32 heavy (non-hydrogen) atoms. The van der Waals surface area contributed by atoms with E-state index in [4.69, 9.17) is 4.74 Å². The third kappa shape index (κ3) is 3.28. The summed E-state index contributed by atoms with van der Waals surface area (Å²) < 4.78 is 37.6. The maximum absolute atomic E-state index is 15.6. The summed E-state index contributed by atoms with van der Waals surface area (Å²) in [4.78, 5) is 27.0. The molecule has 0 N–H and O–H groups in total. The van der Waals surface area contributed by atoms with Gasteiger partial charge in [-0.05, 0) is 25.5 Å². The summed E-state index contributed by atoms with van der Waals surface area (Å²) in [5.41, 5.74) is 2.63. The predicted molar refractivity (Wildman–Crippen MR) is 119 cm³/mol. The molecule has 0 unspecified atom stereocenters. The third-order valence-electron chi connectivity index (χ3n) is 5.85. The van der Waals surface area contributed by atoms with Crippen molar-refractivity contribution < 1.29 is 23.1 Å². The minimum absolute atomic E-state index is 0.171. The topological polar surface area (TPSA) is 51.5 Å². The van der Waals surface area contributed by atoms with Crippen LogP contribution in [0.4, 0.5) is 8.78 Å². The van der Waals surface area contributed by atoms with Crippen LogP contribution in [0.2, 0.25) is 0 Å². The highest BCUT2D eigenvalue weighted by Crippen LogP contribution is 2.43. The van der Waals surface area contributed by atoms with Gasteiger partial charge in [0.2, 0.25) is 0 Å². The highest BCUT2D eigenvalue weighted by molar-refractivity contribution is 6.13. The minimum atomic E-state index is -3.91. The van der Waals surface area contributed by atoms with Crippen molar-refractivity contribution in [3.8, 4) is 0 Å². The molecule has 0 saturated carbocycles. The maximum atomic E-state index is 15.6. The van der Waals surface area contributed by atoms with E-state index in [-0.39, 0.29) is 18.1 Å². The normalized spacial score (nSPS) is 14.6. The molecular weight excluding hydrogens is 414 g/mol. The van der Waals surface area contributed by atoms with Crippen molar-refractivity contribution in [1.29, 1.82) is 0 Å². The van der Waals surface area contributed by atoms with E-state index >= 15 is 8.78 Å². The van der Waals surface area contributed by atoms with Crippen LogP contribution >= 0.6 is 0 Å². The Labute approximate surface area is 184 Å². The average Bonchev–Trinajstić information content (AvgIpc) is 2.99. The second kappa shape index (κ2) is 7.89. The van der Waals surface area contributed by atoms with Crippen molar-refractivity contribution in [3.05, 3.63) is 76.5 Å². The van der Waals surface area contributed by atoms with E-state index in [9.17, 15) is 9.59 Å². The molecule has 0 spiro atoms. The summed E-state index contributed by atoms with van der Waals surface area (Å²) in [6.45, 7) is 2.80. The lowest BCUT2D eigenvalue weighted by Crippen LogP contribution is -2.39. The van der Waals surface area contributed by atoms with Gasteiger partial charge in [0, 0.05) is 42.7 Å². The number of benzene rings is 2. The van der Waals surface area contributed by atoms with Crippen molar-refractivity contribution in [1.82, 2.24) is 9.47 Å². The molecule has 0 saturated heterocycles.